The minimum Gasteiger partial charge on any atom is -0.324 e. The maximum Gasteiger partial charge on any atom is 0.247 e. The summed E-state index contributed by atoms with van der Waals surface area (Å²) >= 11 is 0. The van der Waals surface area contributed by atoms with Crippen molar-refractivity contribution in [3.63, 3.8) is 0 Å². The number of rotatable bonds is 7. The van der Waals surface area contributed by atoms with E-state index in [-0.39, 0.29) is 5.91 Å². The smallest absolute Gasteiger partial charge is 0.247 e. The van der Waals surface area contributed by atoms with Gasteiger partial charge in [-0.25, -0.2) is 4.98 Å². The van der Waals surface area contributed by atoms with Gasteiger partial charge in [-0.3, -0.25) is 4.79 Å². The molecule has 5 aromatic rings. The number of aromatic nitrogens is 2. The van der Waals surface area contributed by atoms with Gasteiger partial charge in [0.05, 0.1) is 11.0 Å². The number of hydrogen-bond acceptors (Lipinski definition) is 2. The molecular weight excluding hydrogens is 430 g/mol. The molecule has 4 heteroatoms. The Morgan fingerprint density at radius 2 is 1.43 bits per heavy atom. The topological polar surface area (TPSA) is 46.9 Å². The third-order valence-corrected chi connectivity index (χ3v) is 6.52. The van der Waals surface area contributed by atoms with E-state index in [0.29, 0.717) is 6.42 Å². The van der Waals surface area contributed by atoms with Crippen LogP contribution in [0.15, 0.2) is 103 Å². The molecule has 35 heavy (non-hydrogen) atoms. The summed E-state index contributed by atoms with van der Waals surface area (Å²) in [4.78, 5) is 19.0. The van der Waals surface area contributed by atoms with Gasteiger partial charge in [0.1, 0.15) is 11.9 Å². The van der Waals surface area contributed by atoms with Gasteiger partial charge in [-0.2, -0.15) is 0 Å². The van der Waals surface area contributed by atoms with Crippen LogP contribution in [-0.4, -0.2) is 15.5 Å². The van der Waals surface area contributed by atoms with E-state index < -0.39 is 6.04 Å². The molecule has 0 spiro atoms. The van der Waals surface area contributed by atoms with Gasteiger partial charge in [0, 0.05) is 11.3 Å². The number of hydrogen-bond donors (Lipinski definition) is 1. The number of imidazole rings is 1. The highest BCUT2D eigenvalue weighted by atomic mass is 16.2. The minimum atomic E-state index is -0.434. The molecule has 4 nitrogen and oxygen atoms in total. The fourth-order valence-corrected chi connectivity index (χ4v) is 4.69. The van der Waals surface area contributed by atoms with Crippen LogP contribution < -0.4 is 5.32 Å². The van der Waals surface area contributed by atoms with Crippen molar-refractivity contribution < 1.29 is 4.79 Å². The summed E-state index contributed by atoms with van der Waals surface area (Å²) in [6, 6.07) is 34.2. The number of benzene rings is 4. The van der Waals surface area contributed by atoms with Crippen molar-refractivity contribution in [1.82, 2.24) is 9.55 Å². The first-order valence-corrected chi connectivity index (χ1v) is 12.0. The van der Waals surface area contributed by atoms with Crippen molar-refractivity contribution in [3.05, 3.63) is 120 Å². The van der Waals surface area contributed by atoms with Crippen LogP contribution >= 0.6 is 0 Å². The van der Waals surface area contributed by atoms with Crippen molar-refractivity contribution in [2.45, 2.75) is 32.7 Å². The standard InChI is InChI=1S/C31H29N3O/c1-22-12-11-13-23(2)29(22)33-31(35)28(21-20-24-14-5-3-6-15-24)34-27-19-10-9-18-26(27)32-30(34)25-16-7-4-8-17-25/h3-19,28H,20-21H2,1-2H3,(H,33,35). The molecule has 4 aromatic carbocycles. The van der Waals surface area contributed by atoms with Gasteiger partial charge in [-0.1, -0.05) is 91.0 Å². The van der Waals surface area contributed by atoms with Gasteiger partial charge >= 0.3 is 0 Å². The van der Waals surface area contributed by atoms with Gasteiger partial charge in [-0.05, 0) is 55.5 Å². The summed E-state index contributed by atoms with van der Waals surface area (Å²) < 4.78 is 2.12. The number of fused-ring (bicyclic) bond motifs is 1. The number of carbonyl (C=O) groups excluding carboxylic acids is 1. The second kappa shape index (κ2) is 9.98. The third-order valence-electron chi connectivity index (χ3n) is 6.52. The molecule has 0 bridgehead atoms. The monoisotopic (exact) mass is 459 g/mol. The number of para-hydroxylation sites is 3. The number of anilines is 1. The summed E-state index contributed by atoms with van der Waals surface area (Å²) in [7, 11) is 0. The molecule has 1 N–H and O–H groups in total. The number of nitrogens with one attached hydrogen (secondary N) is 1. The van der Waals surface area contributed by atoms with Gasteiger partial charge in [0.25, 0.3) is 0 Å². The fourth-order valence-electron chi connectivity index (χ4n) is 4.69. The molecule has 1 atom stereocenters. The number of aryl methyl sites for hydroxylation is 3. The maximum absolute atomic E-state index is 14.0. The van der Waals surface area contributed by atoms with Gasteiger partial charge < -0.3 is 9.88 Å². The van der Waals surface area contributed by atoms with Crippen LogP contribution in [0.1, 0.15) is 29.2 Å². The molecule has 1 aromatic heterocycles. The lowest BCUT2D eigenvalue weighted by atomic mass is 10.0. The second-order valence-corrected chi connectivity index (χ2v) is 8.96. The quantitative estimate of drug-likeness (QED) is 0.281. The zero-order valence-corrected chi connectivity index (χ0v) is 20.1. The molecule has 0 fully saturated rings. The Labute approximate surface area is 206 Å². The molecule has 1 heterocycles. The summed E-state index contributed by atoms with van der Waals surface area (Å²) in [5.41, 5.74) is 7.04. The lowest BCUT2D eigenvalue weighted by Gasteiger charge is -2.23. The summed E-state index contributed by atoms with van der Waals surface area (Å²) in [6.07, 6.45) is 1.44. The van der Waals surface area contributed by atoms with Gasteiger partial charge in [0.15, 0.2) is 0 Å². The molecule has 174 valence electrons. The lowest BCUT2D eigenvalue weighted by molar-refractivity contribution is -0.119. The van der Waals surface area contributed by atoms with E-state index in [0.717, 1.165) is 45.7 Å². The van der Waals surface area contributed by atoms with E-state index in [9.17, 15) is 4.79 Å². The SMILES string of the molecule is Cc1cccc(C)c1NC(=O)C(CCc1ccccc1)n1c(-c2ccccc2)nc2ccccc21. The Balaban J connectivity index is 1.62. The van der Waals surface area contributed by atoms with Crippen LogP contribution in [0.3, 0.4) is 0 Å². The molecule has 0 aliphatic heterocycles. The highest BCUT2D eigenvalue weighted by Crippen LogP contribution is 2.32. The zero-order valence-electron chi connectivity index (χ0n) is 20.1. The average Bonchev–Trinajstić information content (AvgIpc) is 3.27. The molecule has 0 saturated heterocycles. The first kappa shape index (κ1) is 22.6. The lowest BCUT2D eigenvalue weighted by Crippen LogP contribution is -2.28. The Kier molecular flexibility index (Phi) is 6.44. The normalized spacial score (nSPS) is 11.9. The number of amides is 1. The van der Waals surface area contributed by atoms with Crippen LogP contribution in [-0.2, 0) is 11.2 Å². The van der Waals surface area contributed by atoms with Crippen molar-refractivity contribution in [3.8, 4) is 11.4 Å². The molecule has 1 amide bonds. The highest BCUT2D eigenvalue weighted by Gasteiger charge is 2.27. The van der Waals surface area contributed by atoms with Crippen molar-refractivity contribution >= 4 is 22.6 Å². The van der Waals surface area contributed by atoms with E-state index in [1.54, 1.807) is 0 Å². The molecular formula is C31H29N3O. The van der Waals surface area contributed by atoms with E-state index >= 15 is 0 Å². The Morgan fingerprint density at radius 3 is 2.14 bits per heavy atom. The molecule has 5 rings (SSSR count). The summed E-state index contributed by atoms with van der Waals surface area (Å²) in [5.74, 6) is 0.778. The predicted octanol–water partition coefficient (Wildman–Crippen LogP) is 7.13. The van der Waals surface area contributed by atoms with Gasteiger partial charge in [0.2, 0.25) is 5.91 Å². The van der Waals surface area contributed by atoms with E-state index in [1.807, 2.05) is 86.6 Å². The molecule has 0 radical (unpaired) electrons. The Bertz CT molecular complexity index is 1430. The summed E-state index contributed by atoms with van der Waals surface area (Å²) in [5, 5.41) is 3.26. The molecule has 1 unspecified atom stereocenters. The fraction of sp³-hybridized carbons (Fsp3) is 0.161. The van der Waals surface area contributed by atoms with E-state index in [4.69, 9.17) is 4.98 Å². The van der Waals surface area contributed by atoms with Crippen molar-refractivity contribution in [2.24, 2.45) is 0 Å². The Hall–Kier alpha value is -4.18. The molecule has 0 aliphatic carbocycles. The van der Waals surface area contributed by atoms with E-state index in [2.05, 4.69) is 40.2 Å². The number of nitrogens with zero attached hydrogens (tertiary/aromatic N) is 2. The molecule has 0 saturated carbocycles. The highest BCUT2D eigenvalue weighted by molar-refractivity contribution is 5.97. The van der Waals surface area contributed by atoms with Crippen molar-refractivity contribution in [2.75, 3.05) is 5.32 Å². The average molecular weight is 460 g/mol. The second-order valence-electron chi connectivity index (χ2n) is 8.96. The largest absolute Gasteiger partial charge is 0.324 e. The third kappa shape index (κ3) is 4.73. The van der Waals surface area contributed by atoms with Crippen LogP contribution in [0.4, 0.5) is 5.69 Å². The van der Waals surface area contributed by atoms with Crippen LogP contribution in [0.2, 0.25) is 0 Å². The zero-order chi connectivity index (χ0) is 24.2. The van der Waals surface area contributed by atoms with Crippen molar-refractivity contribution in [1.29, 1.82) is 0 Å². The minimum absolute atomic E-state index is 0.0290. The first-order chi connectivity index (χ1) is 17.1. The van der Waals surface area contributed by atoms with Crippen LogP contribution in [0.5, 0.6) is 0 Å². The Morgan fingerprint density at radius 1 is 0.800 bits per heavy atom. The first-order valence-electron chi connectivity index (χ1n) is 12.0. The van der Waals surface area contributed by atoms with Crippen LogP contribution in [0, 0.1) is 13.8 Å². The molecule has 0 aliphatic rings. The van der Waals surface area contributed by atoms with E-state index in [1.165, 1.54) is 5.56 Å². The van der Waals surface area contributed by atoms with Crippen LogP contribution in [0.25, 0.3) is 22.4 Å². The summed E-state index contributed by atoms with van der Waals surface area (Å²) in [6.45, 7) is 4.06. The van der Waals surface area contributed by atoms with Gasteiger partial charge in [-0.15, -0.1) is 0 Å². The maximum atomic E-state index is 14.0. The predicted molar refractivity (Wildman–Crippen MR) is 144 cm³/mol. The number of carbonyl (C=O) groups is 1.